The van der Waals surface area contributed by atoms with Gasteiger partial charge in [-0.3, -0.25) is 19.7 Å². The molecule has 0 spiro atoms. The van der Waals surface area contributed by atoms with Crippen LogP contribution in [0.1, 0.15) is 16.8 Å². The number of nitro benzene ring substituents is 1. The average molecular weight is 396 g/mol. The molecule has 9 nitrogen and oxygen atoms in total. The number of rotatable bonds is 5. The van der Waals surface area contributed by atoms with Crippen LogP contribution in [-0.2, 0) is 9.53 Å². The number of hydrogen-bond acceptors (Lipinski definition) is 7. The molecule has 0 aliphatic carbocycles. The van der Waals surface area contributed by atoms with Crippen molar-refractivity contribution in [2.75, 3.05) is 39.7 Å². The number of hydrogen-bond donors (Lipinski definition) is 1. The molecular formula is C17H20N2O7S. The van der Waals surface area contributed by atoms with Gasteiger partial charge < -0.3 is 19.5 Å². The molecule has 146 valence electrons. The number of thioether (sulfide) groups is 1. The predicted octanol–water partition coefficient (Wildman–Crippen LogP) is 1.89. The third-order valence-corrected chi connectivity index (χ3v) is 6.11. The van der Waals surface area contributed by atoms with E-state index < -0.39 is 22.2 Å². The number of carbonyl (C=O) groups is 2. The molecule has 0 unspecified atom stereocenters. The predicted molar refractivity (Wildman–Crippen MR) is 96.3 cm³/mol. The summed E-state index contributed by atoms with van der Waals surface area (Å²) in [5, 5.41) is 21.2. The van der Waals surface area contributed by atoms with E-state index in [2.05, 4.69) is 0 Å². The van der Waals surface area contributed by atoms with Gasteiger partial charge in [0.15, 0.2) is 0 Å². The van der Waals surface area contributed by atoms with Crippen LogP contribution in [0.15, 0.2) is 17.0 Å². The summed E-state index contributed by atoms with van der Waals surface area (Å²) < 4.78 is 10.6. The molecule has 1 N–H and O–H groups in total. The Kier molecular flexibility index (Phi) is 5.29. The number of methoxy groups -OCH3 is 1. The van der Waals surface area contributed by atoms with Gasteiger partial charge in [0.1, 0.15) is 11.3 Å². The van der Waals surface area contributed by atoms with Crippen LogP contribution < -0.4 is 4.74 Å². The zero-order chi connectivity index (χ0) is 19.8. The molecule has 1 aromatic carbocycles. The average Bonchev–Trinajstić information content (AvgIpc) is 3.07. The van der Waals surface area contributed by atoms with E-state index in [4.69, 9.17) is 9.47 Å². The van der Waals surface area contributed by atoms with Crippen molar-refractivity contribution in [1.29, 1.82) is 0 Å². The summed E-state index contributed by atoms with van der Waals surface area (Å²) in [6.07, 6.45) is 2.09. The maximum Gasteiger partial charge on any atom is 0.311 e. The molecule has 0 aromatic heterocycles. The highest BCUT2D eigenvalue weighted by Crippen LogP contribution is 2.44. The number of carboxylic acid groups (broad SMARTS) is 1. The van der Waals surface area contributed by atoms with Crippen LogP contribution in [0.25, 0.3) is 0 Å². The molecule has 3 rings (SSSR count). The second kappa shape index (κ2) is 7.35. The van der Waals surface area contributed by atoms with E-state index in [1.54, 1.807) is 6.26 Å². The first-order valence-electron chi connectivity index (χ1n) is 8.35. The second-order valence-electron chi connectivity index (χ2n) is 6.65. The van der Waals surface area contributed by atoms with Crippen molar-refractivity contribution >= 4 is 29.3 Å². The molecule has 0 bridgehead atoms. The summed E-state index contributed by atoms with van der Waals surface area (Å²) in [5.74, 6) is -1.52. The highest BCUT2D eigenvalue weighted by molar-refractivity contribution is 7.98. The fraction of sp³-hybridized carbons (Fsp3) is 0.529. The van der Waals surface area contributed by atoms with Gasteiger partial charge in [-0.2, -0.15) is 0 Å². The number of fused-ring (bicyclic) bond motifs is 1. The molecule has 0 radical (unpaired) electrons. The number of carboxylic acids is 1. The number of likely N-dealkylation sites (tertiary alicyclic amines) is 1. The van der Waals surface area contributed by atoms with Crippen LogP contribution in [0.3, 0.4) is 0 Å². The number of amides is 1. The van der Waals surface area contributed by atoms with Crippen molar-refractivity contribution in [3.05, 3.63) is 27.8 Å². The van der Waals surface area contributed by atoms with Crippen molar-refractivity contribution in [2.24, 2.45) is 11.3 Å². The smallest absolute Gasteiger partial charge is 0.311 e. The molecule has 2 atom stereocenters. The molecule has 27 heavy (non-hydrogen) atoms. The van der Waals surface area contributed by atoms with E-state index in [-0.39, 0.29) is 36.9 Å². The minimum absolute atomic E-state index is 0.0208. The van der Waals surface area contributed by atoms with Gasteiger partial charge in [0.25, 0.3) is 11.6 Å². The normalized spacial score (nSPS) is 24.4. The first kappa shape index (κ1) is 19.4. The lowest BCUT2D eigenvalue weighted by atomic mass is 9.74. The summed E-state index contributed by atoms with van der Waals surface area (Å²) in [5.41, 5.74) is -1.48. The number of ether oxygens (including phenoxy) is 2. The van der Waals surface area contributed by atoms with Crippen LogP contribution in [-0.4, -0.2) is 66.5 Å². The number of carbonyl (C=O) groups excluding carboxylic acids is 1. The van der Waals surface area contributed by atoms with Gasteiger partial charge in [-0.25, -0.2) is 0 Å². The van der Waals surface area contributed by atoms with Gasteiger partial charge in [0.05, 0.1) is 35.0 Å². The van der Waals surface area contributed by atoms with Crippen LogP contribution in [0.2, 0.25) is 0 Å². The monoisotopic (exact) mass is 396 g/mol. The Morgan fingerprint density at radius 2 is 2.22 bits per heavy atom. The number of aliphatic carboxylic acids is 1. The molecule has 10 heteroatoms. The fourth-order valence-corrected chi connectivity index (χ4v) is 4.39. The van der Waals surface area contributed by atoms with Gasteiger partial charge in [0.2, 0.25) is 0 Å². The highest BCUT2D eigenvalue weighted by Gasteiger charge is 2.55. The molecule has 2 heterocycles. The van der Waals surface area contributed by atoms with Crippen LogP contribution in [0.4, 0.5) is 5.69 Å². The Labute approximate surface area is 159 Å². The molecule has 2 aliphatic heterocycles. The van der Waals surface area contributed by atoms with E-state index in [0.29, 0.717) is 23.7 Å². The number of nitro groups is 1. The van der Waals surface area contributed by atoms with Gasteiger partial charge in [0, 0.05) is 25.6 Å². The van der Waals surface area contributed by atoms with Gasteiger partial charge >= 0.3 is 5.97 Å². The molecule has 0 saturated carbocycles. The Bertz CT molecular complexity index is 800. The fourth-order valence-electron chi connectivity index (χ4n) is 3.82. The van der Waals surface area contributed by atoms with Crippen molar-refractivity contribution in [3.63, 3.8) is 0 Å². The molecule has 2 saturated heterocycles. The third kappa shape index (κ3) is 3.23. The standard InChI is InChI=1S/C17H20N2O7S/c1-25-13-6-12(19(23)24)11(5-14(13)27-2)15(20)18-7-10-8-26-4-3-17(10,9-18)16(21)22/h5-6,10H,3-4,7-9H2,1-2H3,(H,21,22)/t10-,17+/m0/s1. The first-order valence-corrected chi connectivity index (χ1v) is 9.57. The third-order valence-electron chi connectivity index (χ3n) is 5.35. The first-order chi connectivity index (χ1) is 12.8. The lowest BCUT2D eigenvalue weighted by Crippen LogP contribution is -2.45. The Morgan fingerprint density at radius 3 is 2.78 bits per heavy atom. The van der Waals surface area contributed by atoms with Crippen LogP contribution in [0, 0.1) is 21.4 Å². The van der Waals surface area contributed by atoms with E-state index in [9.17, 15) is 24.8 Å². The highest BCUT2D eigenvalue weighted by atomic mass is 32.2. The van der Waals surface area contributed by atoms with E-state index in [1.165, 1.54) is 35.9 Å². The lowest BCUT2D eigenvalue weighted by molar-refractivity contribution is -0.385. The van der Waals surface area contributed by atoms with Crippen LogP contribution >= 0.6 is 11.8 Å². The van der Waals surface area contributed by atoms with E-state index >= 15 is 0 Å². The topological polar surface area (TPSA) is 119 Å². The van der Waals surface area contributed by atoms with Gasteiger partial charge in [-0.15, -0.1) is 11.8 Å². The number of benzene rings is 1. The molecular weight excluding hydrogens is 376 g/mol. The molecule has 1 amide bonds. The van der Waals surface area contributed by atoms with Crippen molar-refractivity contribution in [2.45, 2.75) is 11.3 Å². The zero-order valence-corrected chi connectivity index (χ0v) is 15.8. The summed E-state index contributed by atoms with van der Waals surface area (Å²) in [4.78, 5) is 37.8. The quantitative estimate of drug-likeness (QED) is 0.455. The lowest BCUT2D eigenvalue weighted by Gasteiger charge is -2.33. The Balaban J connectivity index is 1.99. The summed E-state index contributed by atoms with van der Waals surface area (Å²) in [7, 11) is 1.40. The zero-order valence-electron chi connectivity index (χ0n) is 15.0. The summed E-state index contributed by atoms with van der Waals surface area (Å²) in [6.45, 7) is 0.802. The van der Waals surface area contributed by atoms with Crippen molar-refractivity contribution in [3.8, 4) is 5.75 Å². The minimum atomic E-state index is -1.06. The molecule has 2 fully saturated rings. The summed E-state index contributed by atoms with van der Waals surface area (Å²) in [6, 6.07) is 2.67. The van der Waals surface area contributed by atoms with Crippen molar-refractivity contribution in [1.82, 2.24) is 4.90 Å². The second-order valence-corrected chi connectivity index (χ2v) is 7.50. The molecule has 1 aromatic rings. The van der Waals surface area contributed by atoms with E-state index in [1.807, 2.05) is 0 Å². The van der Waals surface area contributed by atoms with Crippen LogP contribution in [0.5, 0.6) is 5.75 Å². The Morgan fingerprint density at radius 1 is 1.48 bits per heavy atom. The minimum Gasteiger partial charge on any atom is -0.495 e. The Hall–Kier alpha value is -2.33. The summed E-state index contributed by atoms with van der Waals surface area (Å²) >= 11 is 1.31. The van der Waals surface area contributed by atoms with Crippen molar-refractivity contribution < 1.29 is 29.1 Å². The van der Waals surface area contributed by atoms with Gasteiger partial charge in [-0.1, -0.05) is 0 Å². The SMILES string of the molecule is COc1cc([N+](=O)[O-])c(C(=O)N2C[C@H]3COCC[C@@]3(C(=O)O)C2)cc1SC. The maximum atomic E-state index is 13.1. The van der Waals surface area contributed by atoms with Gasteiger partial charge in [-0.05, 0) is 18.7 Å². The maximum absolute atomic E-state index is 13.1. The van der Waals surface area contributed by atoms with E-state index in [0.717, 1.165) is 0 Å². The number of nitrogens with zero attached hydrogens (tertiary/aromatic N) is 2. The molecule has 2 aliphatic rings. The largest absolute Gasteiger partial charge is 0.495 e.